The Hall–Kier alpha value is -5.36. The number of aliphatic hydroxyl groups is 2. The fourth-order valence-corrected chi connectivity index (χ4v) is 9.22. The van der Waals surface area contributed by atoms with Crippen molar-refractivity contribution in [2.24, 2.45) is 0 Å². The molecule has 16 nitrogen and oxygen atoms in total. The molecule has 1 aromatic carbocycles. The fourth-order valence-electron chi connectivity index (χ4n) is 7.90. The van der Waals surface area contributed by atoms with Gasteiger partial charge in [-0.25, -0.2) is 37.1 Å². The molecule has 54 heavy (non-hydrogen) atoms. The summed E-state index contributed by atoms with van der Waals surface area (Å²) < 4.78 is 31.7. The zero-order valence-electron chi connectivity index (χ0n) is 29.9. The smallest absolute Gasteiger partial charge is 0.407 e. The molecule has 7 aromatic rings. The van der Waals surface area contributed by atoms with Gasteiger partial charge in [-0.05, 0) is 70.3 Å². The molecule has 2 fully saturated rings. The topological polar surface area (TPSA) is 209 Å². The minimum absolute atomic E-state index is 0.145. The minimum atomic E-state index is -3.87. The Kier molecular flexibility index (Phi) is 9.33. The standard InChI is InChI=1S/C22H23N5O5S.C15H19N5O/c1-14(28)20-24-18-12-23-21-17(9-11-26(21)33(31,32)16-7-3-2-4-8-16)19(18)27(20)15-6-5-10-25(13-15)22(29)30;1-9(21)15-19-12-8-18-14-11(4-6-17-14)13(12)20(15)10-3-2-5-16-7-10/h2-4,7-9,11-12,14-15,28H,5-6,10,13H2,1H3,(H,29,30);4,6,8-10,16,21H,2-3,5,7H2,1H3,(H,17,18)/t14-,15-;9?,10-/m11/s1. The van der Waals surface area contributed by atoms with E-state index in [0.717, 1.165) is 57.8 Å². The molecule has 17 heteroatoms. The van der Waals surface area contributed by atoms with E-state index in [9.17, 15) is 28.5 Å². The molecule has 0 saturated carbocycles. The number of H-pyrrole nitrogens is 1. The molecular formula is C37H42N10O6S. The first-order valence-corrected chi connectivity index (χ1v) is 19.6. The van der Waals surface area contributed by atoms with Crippen LogP contribution in [-0.4, -0.2) is 98.9 Å². The molecule has 2 aliphatic heterocycles. The highest BCUT2D eigenvalue weighted by Gasteiger charge is 2.31. The van der Waals surface area contributed by atoms with Gasteiger partial charge in [0.15, 0.2) is 5.65 Å². The van der Waals surface area contributed by atoms with Gasteiger partial charge in [-0.15, -0.1) is 0 Å². The van der Waals surface area contributed by atoms with Crippen LogP contribution in [0.4, 0.5) is 4.79 Å². The minimum Gasteiger partial charge on any atom is -0.465 e. The van der Waals surface area contributed by atoms with Crippen molar-refractivity contribution in [1.29, 1.82) is 0 Å². The Bertz CT molecular complexity index is 2590. The van der Waals surface area contributed by atoms with Crippen LogP contribution in [0.1, 0.15) is 75.5 Å². The number of piperidine rings is 2. The summed E-state index contributed by atoms with van der Waals surface area (Å²) in [5.41, 5.74) is 4.19. The number of aliphatic hydroxyl groups excluding tert-OH is 2. The van der Waals surface area contributed by atoms with Crippen LogP contribution in [0, 0.1) is 0 Å². The Morgan fingerprint density at radius 1 is 0.870 bits per heavy atom. The summed E-state index contributed by atoms with van der Waals surface area (Å²) in [5, 5.41) is 35.1. The fraction of sp³-hybridized carbons (Fsp3) is 0.378. The lowest BCUT2D eigenvalue weighted by molar-refractivity contribution is 0.118. The normalized spacial score (nSPS) is 19.3. The number of rotatable bonds is 6. The molecular weight excluding hydrogens is 713 g/mol. The van der Waals surface area contributed by atoms with Crippen molar-refractivity contribution >= 4 is 60.3 Å². The van der Waals surface area contributed by atoms with E-state index in [4.69, 9.17) is 0 Å². The van der Waals surface area contributed by atoms with Crippen molar-refractivity contribution in [3.63, 3.8) is 0 Å². The van der Waals surface area contributed by atoms with E-state index in [0.29, 0.717) is 47.7 Å². The third kappa shape index (κ3) is 6.15. The van der Waals surface area contributed by atoms with Gasteiger partial charge in [-0.3, -0.25) is 0 Å². The molecule has 0 spiro atoms. The predicted octanol–water partition coefficient (Wildman–Crippen LogP) is 4.88. The Morgan fingerprint density at radius 3 is 2.20 bits per heavy atom. The molecule has 8 heterocycles. The lowest BCUT2D eigenvalue weighted by Crippen LogP contribution is -2.40. The van der Waals surface area contributed by atoms with Gasteiger partial charge in [0.25, 0.3) is 10.0 Å². The van der Waals surface area contributed by atoms with Gasteiger partial charge < -0.3 is 39.7 Å². The van der Waals surface area contributed by atoms with E-state index in [2.05, 4.69) is 34.8 Å². The van der Waals surface area contributed by atoms with E-state index < -0.39 is 28.3 Å². The second-order valence-electron chi connectivity index (χ2n) is 13.9. The van der Waals surface area contributed by atoms with Gasteiger partial charge in [0.2, 0.25) is 0 Å². The number of pyridine rings is 2. The summed E-state index contributed by atoms with van der Waals surface area (Å²) in [7, 11) is -3.87. The van der Waals surface area contributed by atoms with E-state index in [1.54, 1.807) is 44.3 Å². The third-order valence-electron chi connectivity index (χ3n) is 10.3. The molecule has 6 aromatic heterocycles. The molecule has 0 bridgehead atoms. The van der Waals surface area contributed by atoms with Crippen LogP contribution in [0.5, 0.6) is 0 Å². The van der Waals surface area contributed by atoms with Gasteiger partial charge >= 0.3 is 6.09 Å². The highest BCUT2D eigenvalue weighted by atomic mass is 32.2. The predicted molar refractivity (Wildman–Crippen MR) is 202 cm³/mol. The first kappa shape index (κ1) is 35.7. The maximum atomic E-state index is 13.3. The number of carboxylic acid groups (broad SMARTS) is 1. The lowest BCUT2D eigenvalue weighted by Gasteiger charge is -2.33. The average Bonchev–Trinajstić information content (AvgIpc) is 3.98. The quantitative estimate of drug-likeness (QED) is 0.155. The van der Waals surface area contributed by atoms with Crippen LogP contribution in [0.25, 0.3) is 44.1 Å². The number of aromatic amines is 1. The van der Waals surface area contributed by atoms with Crippen molar-refractivity contribution in [1.82, 2.24) is 48.2 Å². The van der Waals surface area contributed by atoms with E-state index in [-0.39, 0.29) is 23.1 Å². The number of amides is 1. The third-order valence-corrected chi connectivity index (χ3v) is 12.0. The first-order chi connectivity index (χ1) is 26.0. The molecule has 0 aliphatic carbocycles. The van der Waals surface area contributed by atoms with Crippen LogP contribution in [0.2, 0.25) is 0 Å². The number of likely N-dealkylation sites (tertiary alicyclic amines) is 1. The zero-order chi connectivity index (χ0) is 37.7. The molecule has 9 rings (SSSR count). The molecule has 1 amide bonds. The second-order valence-corrected chi connectivity index (χ2v) is 15.8. The van der Waals surface area contributed by atoms with Crippen LogP contribution in [-0.2, 0) is 10.0 Å². The molecule has 5 N–H and O–H groups in total. The highest BCUT2D eigenvalue weighted by Crippen LogP contribution is 2.35. The average molecular weight is 755 g/mol. The summed E-state index contributed by atoms with van der Waals surface area (Å²) in [6.45, 7) is 6.06. The van der Waals surface area contributed by atoms with Gasteiger partial charge in [-0.1, -0.05) is 18.2 Å². The van der Waals surface area contributed by atoms with Crippen molar-refractivity contribution < 1.29 is 28.5 Å². The van der Waals surface area contributed by atoms with Crippen molar-refractivity contribution in [2.45, 2.75) is 68.7 Å². The summed E-state index contributed by atoms with van der Waals surface area (Å²) >= 11 is 0. The summed E-state index contributed by atoms with van der Waals surface area (Å²) in [5.74, 6) is 1.13. The number of nitrogens with one attached hydrogen (secondary N) is 2. The zero-order valence-corrected chi connectivity index (χ0v) is 30.7. The number of fused-ring (bicyclic) bond motifs is 6. The Labute approximate surface area is 310 Å². The Morgan fingerprint density at radius 2 is 1.54 bits per heavy atom. The lowest BCUT2D eigenvalue weighted by atomic mass is 10.0. The van der Waals surface area contributed by atoms with Crippen LogP contribution in [0.3, 0.4) is 0 Å². The number of imidazole rings is 2. The second kappa shape index (κ2) is 14.1. The Balaban J connectivity index is 0.000000169. The van der Waals surface area contributed by atoms with E-state index in [1.807, 2.05) is 16.8 Å². The van der Waals surface area contributed by atoms with E-state index >= 15 is 0 Å². The monoisotopic (exact) mass is 754 g/mol. The van der Waals surface area contributed by atoms with Gasteiger partial charge in [-0.2, -0.15) is 0 Å². The molecule has 282 valence electrons. The van der Waals surface area contributed by atoms with Crippen LogP contribution >= 0.6 is 0 Å². The van der Waals surface area contributed by atoms with E-state index in [1.165, 1.54) is 29.4 Å². The molecule has 2 saturated heterocycles. The van der Waals surface area contributed by atoms with Crippen molar-refractivity contribution in [3.8, 4) is 0 Å². The van der Waals surface area contributed by atoms with Crippen molar-refractivity contribution in [2.75, 3.05) is 26.2 Å². The maximum absolute atomic E-state index is 13.3. The van der Waals surface area contributed by atoms with Crippen LogP contribution in [0.15, 0.2) is 72.1 Å². The summed E-state index contributed by atoms with van der Waals surface area (Å²) in [6.07, 6.45) is 7.79. The number of hydrogen-bond acceptors (Lipinski definition) is 10. The summed E-state index contributed by atoms with van der Waals surface area (Å²) in [6, 6.07) is 11.9. The van der Waals surface area contributed by atoms with Crippen LogP contribution < -0.4 is 5.32 Å². The number of benzene rings is 1. The SMILES string of the molecule is CC(O)c1nc2cnc3[nH]ccc3c2n1[C@@H]1CCCNC1.C[C@@H](O)c1nc2cnc3c(ccn3S(=O)(=O)c3ccccc3)c2n1[C@@H]1CCCN(C(=O)O)C1. The molecule has 1 unspecified atom stereocenters. The maximum Gasteiger partial charge on any atom is 0.407 e. The number of aromatic nitrogens is 8. The molecule has 2 aliphatic rings. The summed E-state index contributed by atoms with van der Waals surface area (Å²) in [4.78, 5) is 34.2. The molecule has 0 radical (unpaired) electrons. The molecule has 4 atom stereocenters. The first-order valence-electron chi connectivity index (χ1n) is 18.1. The largest absolute Gasteiger partial charge is 0.465 e. The number of nitrogens with zero attached hydrogens (tertiary/aromatic N) is 8. The highest BCUT2D eigenvalue weighted by molar-refractivity contribution is 7.90. The van der Waals surface area contributed by atoms with Gasteiger partial charge in [0, 0.05) is 48.8 Å². The number of hydrogen-bond donors (Lipinski definition) is 5. The van der Waals surface area contributed by atoms with Gasteiger partial charge in [0.1, 0.15) is 40.5 Å². The van der Waals surface area contributed by atoms with Crippen molar-refractivity contribution in [3.05, 3.63) is 78.9 Å². The van der Waals surface area contributed by atoms with Gasteiger partial charge in [0.05, 0.1) is 34.4 Å². The number of carbonyl (C=O) groups is 1.